The van der Waals surface area contributed by atoms with Gasteiger partial charge in [0.2, 0.25) is 17.6 Å². The van der Waals surface area contributed by atoms with Crippen molar-refractivity contribution >= 4 is 5.91 Å². The number of piperidine rings is 1. The van der Waals surface area contributed by atoms with Crippen LogP contribution in [0.4, 0.5) is 0 Å². The summed E-state index contributed by atoms with van der Waals surface area (Å²) in [6, 6.07) is 27.6. The highest BCUT2D eigenvalue weighted by Gasteiger charge is 2.33. The molecule has 0 aliphatic carbocycles. The summed E-state index contributed by atoms with van der Waals surface area (Å²) in [5.41, 5.74) is 2.84. The van der Waals surface area contributed by atoms with E-state index in [4.69, 9.17) is 9.26 Å². The van der Waals surface area contributed by atoms with Crippen LogP contribution in [0.3, 0.4) is 0 Å². The number of hydrogen-bond acceptors (Lipinski definition) is 5. The van der Waals surface area contributed by atoms with Gasteiger partial charge in [0.05, 0.1) is 18.9 Å². The number of hydrogen-bond donors (Lipinski definition) is 0. The maximum absolute atomic E-state index is 13.8. The molecule has 6 nitrogen and oxygen atoms in total. The van der Waals surface area contributed by atoms with Crippen LogP contribution in [0.25, 0.3) is 11.4 Å². The van der Waals surface area contributed by atoms with Crippen molar-refractivity contribution in [3.63, 3.8) is 0 Å². The number of amides is 1. The monoisotopic (exact) mass is 453 g/mol. The summed E-state index contributed by atoms with van der Waals surface area (Å²) in [6.07, 6.45) is 1.80. The molecule has 0 radical (unpaired) electrons. The lowest BCUT2D eigenvalue weighted by atomic mass is 9.88. The minimum absolute atomic E-state index is 0.0109. The van der Waals surface area contributed by atoms with Gasteiger partial charge in [-0.25, -0.2) is 0 Å². The molecule has 0 saturated carbocycles. The first-order chi connectivity index (χ1) is 16.7. The summed E-state index contributed by atoms with van der Waals surface area (Å²) >= 11 is 0. The Labute approximate surface area is 199 Å². The predicted molar refractivity (Wildman–Crippen MR) is 130 cm³/mol. The SMILES string of the molecule is COc1cccc(-c2noc(C3CCCN(C(=O)C(c4ccccc4)c4ccccc4)C3)n2)c1. The van der Waals surface area contributed by atoms with E-state index in [0.717, 1.165) is 41.8 Å². The molecule has 0 bridgehead atoms. The highest BCUT2D eigenvalue weighted by molar-refractivity contribution is 5.87. The molecular weight excluding hydrogens is 426 g/mol. The summed E-state index contributed by atoms with van der Waals surface area (Å²) in [5.74, 6) is 1.63. The third kappa shape index (κ3) is 4.57. The zero-order valence-corrected chi connectivity index (χ0v) is 19.1. The largest absolute Gasteiger partial charge is 0.497 e. The Bertz CT molecular complexity index is 1200. The van der Waals surface area contributed by atoms with E-state index in [1.807, 2.05) is 89.8 Å². The van der Waals surface area contributed by atoms with Crippen LogP contribution in [0.15, 0.2) is 89.5 Å². The van der Waals surface area contributed by atoms with E-state index in [1.165, 1.54) is 0 Å². The van der Waals surface area contributed by atoms with E-state index in [9.17, 15) is 4.79 Å². The summed E-state index contributed by atoms with van der Waals surface area (Å²) in [6.45, 7) is 1.29. The molecule has 34 heavy (non-hydrogen) atoms. The Kier molecular flexibility index (Phi) is 6.38. The number of rotatable bonds is 6. The number of aromatic nitrogens is 2. The Morgan fingerprint density at radius 1 is 1.00 bits per heavy atom. The third-order valence-corrected chi connectivity index (χ3v) is 6.36. The average molecular weight is 454 g/mol. The topological polar surface area (TPSA) is 68.5 Å². The molecule has 2 heterocycles. The molecule has 4 aromatic rings. The van der Waals surface area contributed by atoms with E-state index in [1.54, 1.807) is 7.11 Å². The summed E-state index contributed by atoms with van der Waals surface area (Å²) < 4.78 is 11.0. The number of methoxy groups -OCH3 is 1. The molecule has 1 amide bonds. The van der Waals surface area contributed by atoms with E-state index in [-0.39, 0.29) is 17.7 Å². The second kappa shape index (κ2) is 9.91. The summed E-state index contributed by atoms with van der Waals surface area (Å²) in [7, 11) is 1.63. The maximum Gasteiger partial charge on any atom is 0.234 e. The molecule has 0 spiro atoms. The van der Waals surface area contributed by atoms with Crippen molar-refractivity contribution in [2.24, 2.45) is 0 Å². The number of ether oxygens (including phenoxy) is 1. The molecule has 1 aliphatic heterocycles. The molecular formula is C28H27N3O3. The van der Waals surface area contributed by atoms with Crippen LogP contribution in [0, 0.1) is 0 Å². The van der Waals surface area contributed by atoms with Gasteiger partial charge in [0, 0.05) is 18.7 Å². The first-order valence-corrected chi connectivity index (χ1v) is 11.6. The summed E-state index contributed by atoms with van der Waals surface area (Å²) in [5, 5.41) is 4.19. The Hall–Kier alpha value is -3.93. The van der Waals surface area contributed by atoms with Crippen LogP contribution in [0.5, 0.6) is 5.75 Å². The van der Waals surface area contributed by atoms with Gasteiger partial charge in [-0.3, -0.25) is 4.79 Å². The van der Waals surface area contributed by atoms with Crippen molar-refractivity contribution < 1.29 is 14.1 Å². The Morgan fingerprint density at radius 2 is 1.71 bits per heavy atom. The minimum Gasteiger partial charge on any atom is -0.497 e. The maximum atomic E-state index is 13.8. The highest BCUT2D eigenvalue weighted by Crippen LogP contribution is 2.32. The van der Waals surface area contributed by atoms with Gasteiger partial charge in [-0.05, 0) is 36.1 Å². The molecule has 1 saturated heterocycles. The molecule has 0 N–H and O–H groups in total. The summed E-state index contributed by atoms with van der Waals surface area (Å²) in [4.78, 5) is 20.4. The quantitative estimate of drug-likeness (QED) is 0.397. The van der Waals surface area contributed by atoms with Gasteiger partial charge in [-0.1, -0.05) is 78.0 Å². The molecule has 6 heteroatoms. The predicted octanol–water partition coefficient (Wildman–Crippen LogP) is 5.28. The molecule has 1 unspecified atom stereocenters. The first-order valence-electron chi connectivity index (χ1n) is 11.6. The Morgan fingerprint density at radius 3 is 2.38 bits per heavy atom. The molecule has 1 aliphatic rings. The first kappa shape index (κ1) is 21.9. The lowest BCUT2D eigenvalue weighted by Crippen LogP contribution is -2.42. The van der Waals surface area contributed by atoms with Gasteiger partial charge in [-0.15, -0.1) is 0 Å². The molecule has 3 aromatic carbocycles. The minimum atomic E-state index is -0.337. The van der Waals surface area contributed by atoms with E-state index >= 15 is 0 Å². The second-order valence-corrected chi connectivity index (χ2v) is 8.57. The molecule has 1 atom stereocenters. The van der Waals surface area contributed by atoms with Gasteiger partial charge in [0.25, 0.3) is 0 Å². The molecule has 5 rings (SSSR count). The normalized spacial score (nSPS) is 15.9. The van der Waals surface area contributed by atoms with Crippen molar-refractivity contribution in [2.45, 2.75) is 24.7 Å². The van der Waals surface area contributed by atoms with E-state index < -0.39 is 0 Å². The third-order valence-electron chi connectivity index (χ3n) is 6.36. The lowest BCUT2D eigenvalue weighted by Gasteiger charge is -2.34. The van der Waals surface area contributed by atoms with Crippen molar-refractivity contribution in [2.75, 3.05) is 20.2 Å². The number of nitrogens with zero attached hydrogens (tertiary/aromatic N) is 3. The van der Waals surface area contributed by atoms with Crippen molar-refractivity contribution in [3.05, 3.63) is 102 Å². The van der Waals surface area contributed by atoms with Crippen LogP contribution in [0.1, 0.15) is 41.7 Å². The van der Waals surface area contributed by atoms with Crippen LogP contribution >= 0.6 is 0 Å². The van der Waals surface area contributed by atoms with Gasteiger partial charge in [0.15, 0.2) is 0 Å². The zero-order valence-electron chi connectivity index (χ0n) is 19.1. The van der Waals surface area contributed by atoms with Gasteiger partial charge >= 0.3 is 0 Å². The zero-order chi connectivity index (χ0) is 23.3. The van der Waals surface area contributed by atoms with Crippen LogP contribution in [0.2, 0.25) is 0 Å². The standard InChI is InChI=1S/C28H27N3O3/c1-33-24-16-8-14-22(18-24)26-29-27(34-30-26)23-15-9-17-31(19-23)28(32)25(20-10-4-2-5-11-20)21-12-6-3-7-13-21/h2-8,10-14,16,18,23,25H,9,15,17,19H2,1H3. The fourth-order valence-corrected chi connectivity index (χ4v) is 4.61. The van der Waals surface area contributed by atoms with Gasteiger partial charge < -0.3 is 14.2 Å². The fourth-order valence-electron chi connectivity index (χ4n) is 4.61. The van der Waals surface area contributed by atoms with E-state index in [2.05, 4.69) is 10.1 Å². The van der Waals surface area contributed by atoms with Crippen molar-refractivity contribution in [1.82, 2.24) is 15.0 Å². The second-order valence-electron chi connectivity index (χ2n) is 8.57. The van der Waals surface area contributed by atoms with Crippen LogP contribution < -0.4 is 4.74 Å². The number of likely N-dealkylation sites (tertiary alicyclic amines) is 1. The van der Waals surface area contributed by atoms with Gasteiger partial charge in [-0.2, -0.15) is 4.98 Å². The lowest BCUT2D eigenvalue weighted by molar-refractivity contribution is -0.133. The number of carbonyl (C=O) groups is 1. The molecule has 172 valence electrons. The Balaban J connectivity index is 1.37. The van der Waals surface area contributed by atoms with E-state index in [0.29, 0.717) is 18.3 Å². The number of carbonyl (C=O) groups excluding carboxylic acids is 1. The molecule has 1 aromatic heterocycles. The van der Waals surface area contributed by atoms with Crippen LogP contribution in [-0.2, 0) is 4.79 Å². The molecule has 1 fully saturated rings. The van der Waals surface area contributed by atoms with Crippen molar-refractivity contribution in [1.29, 1.82) is 0 Å². The van der Waals surface area contributed by atoms with Gasteiger partial charge in [0.1, 0.15) is 5.75 Å². The average Bonchev–Trinajstić information content (AvgIpc) is 3.41. The van der Waals surface area contributed by atoms with Crippen molar-refractivity contribution in [3.8, 4) is 17.1 Å². The highest BCUT2D eigenvalue weighted by atomic mass is 16.5. The van der Waals surface area contributed by atoms with Crippen LogP contribution in [-0.4, -0.2) is 41.1 Å². The fraction of sp³-hybridized carbons (Fsp3) is 0.250. The number of benzene rings is 3. The smallest absolute Gasteiger partial charge is 0.234 e.